The van der Waals surface area contributed by atoms with E-state index in [1.54, 1.807) is 7.11 Å². The summed E-state index contributed by atoms with van der Waals surface area (Å²) in [5.41, 5.74) is 2.77. The number of hydrogen-bond acceptors (Lipinski definition) is 3. The van der Waals surface area contributed by atoms with Gasteiger partial charge in [0.15, 0.2) is 0 Å². The van der Waals surface area contributed by atoms with Crippen LogP contribution < -0.4 is 5.32 Å². The summed E-state index contributed by atoms with van der Waals surface area (Å²) >= 11 is 0. The lowest BCUT2D eigenvalue weighted by Crippen LogP contribution is -2.47. The van der Waals surface area contributed by atoms with Crippen LogP contribution in [0.3, 0.4) is 0 Å². The van der Waals surface area contributed by atoms with E-state index in [0.717, 1.165) is 26.1 Å². The van der Waals surface area contributed by atoms with Crippen LogP contribution in [0.25, 0.3) is 0 Å². The summed E-state index contributed by atoms with van der Waals surface area (Å²) in [6.07, 6.45) is 4.81. The van der Waals surface area contributed by atoms with Gasteiger partial charge in [-0.2, -0.15) is 0 Å². The molecule has 0 radical (unpaired) electrons. The maximum absolute atomic E-state index is 5.33. The summed E-state index contributed by atoms with van der Waals surface area (Å²) in [7, 11) is 1.80. The molecule has 2 rings (SSSR count). The van der Waals surface area contributed by atoms with Crippen molar-refractivity contribution in [2.24, 2.45) is 0 Å². The Labute approximate surface area is 129 Å². The van der Waals surface area contributed by atoms with Crippen molar-refractivity contribution in [1.29, 1.82) is 0 Å². The van der Waals surface area contributed by atoms with E-state index in [-0.39, 0.29) is 0 Å². The van der Waals surface area contributed by atoms with Crippen molar-refractivity contribution in [3.05, 3.63) is 29.8 Å². The first kappa shape index (κ1) is 16.3. The van der Waals surface area contributed by atoms with Crippen molar-refractivity contribution in [1.82, 2.24) is 4.90 Å². The van der Waals surface area contributed by atoms with Gasteiger partial charge < -0.3 is 10.1 Å². The van der Waals surface area contributed by atoms with E-state index in [2.05, 4.69) is 48.3 Å². The van der Waals surface area contributed by atoms with E-state index in [4.69, 9.17) is 4.74 Å². The fourth-order valence-electron chi connectivity index (χ4n) is 3.46. The number of aryl methyl sites for hydroxylation is 1. The van der Waals surface area contributed by atoms with E-state index < -0.39 is 0 Å². The predicted octanol–water partition coefficient (Wildman–Crippen LogP) is 3.55. The van der Waals surface area contributed by atoms with Gasteiger partial charge in [0.05, 0.1) is 6.61 Å². The van der Waals surface area contributed by atoms with Crippen LogP contribution in [0.1, 0.15) is 38.7 Å². The minimum absolute atomic E-state index is 0.595. The smallest absolute Gasteiger partial charge is 0.0589 e. The predicted molar refractivity (Wildman–Crippen MR) is 90.0 cm³/mol. The number of fused-ring (bicyclic) bond motifs is 1. The largest absolute Gasteiger partial charge is 0.383 e. The lowest BCUT2D eigenvalue weighted by molar-refractivity contribution is 0.0807. The first-order valence-corrected chi connectivity index (χ1v) is 8.36. The van der Waals surface area contributed by atoms with E-state index in [0.29, 0.717) is 12.1 Å². The molecular formula is C18H30N2O. The van der Waals surface area contributed by atoms with Gasteiger partial charge in [-0.15, -0.1) is 0 Å². The fourth-order valence-corrected chi connectivity index (χ4v) is 3.46. The molecule has 1 aromatic carbocycles. The zero-order chi connectivity index (χ0) is 15.1. The van der Waals surface area contributed by atoms with Crippen molar-refractivity contribution >= 4 is 5.69 Å². The normalized spacial score (nSPS) is 18.4. The Kier molecular flexibility index (Phi) is 6.52. The van der Waals surface area contributed by atoms with Crippen LogP contribution in [-0.4, -0.2) is 43.8 Å². The summed E-state index contributed by atoms with van der Waals surface area (Å²) in [6, 6.07) is 9.97. The lowest BCUT2D eigenvalue weighted by Gasteiger charge is -2.37. The van der Waals surface area contributed by atoms with Crippen LogP contribution in [0.2, 0.25) is 0 Å². The zero-order valence-corrected chi connectivity index (χ0v) is 13.8. The van der Waals surface area contributed by atoms with Gasteiger partial charge in [0.1, 0.15) is 0 Å². The van der Waals surface area contributed by atoms with Crippen molar-refractivity contribution in [3.63, 3.8) is 0 Å². The van der Waals surface area contributed by atoms with Crippen LogP contribution in [-0.2, 0) is 11.2 Å². The van der Waals surface area contributed by atoms with Crippen molar-refractivity contribution in [2.75, 3.05) is 32.1 Å². The minimum atomic E-state index is 0.595. The summed E-state index contributed by atoms with van der Waals surface area (Å²) in [6.45, 7) is 7.49. The molecule has 0 aliphatic carbocycles. The first-order chi connectivity index (χ1) is 10.3. The molecule has 0 spiro atoms. The van der Waals surface area contributed by atoms with Gasteiger partial charge in [0.2, 0.25) is 0 Å². The average molecular weight is 290 g/mol. The summed E-state index contributed by atoms with van der Waals surface area (Å²) in [4.78, 5) is 2.67. The summed E-state index contributed by atoms with van der Waals surface area (Å²) < 4.78 is 5.33. The van der Waals surface area contributed by atoms with Crippen LogP contribution in [0.5, 0.6) is 0 Å². The number of benzene rings is 1. The topological polar surface area (TPSA) is 24.5 Å². The molecule has 1 atom stereocenters. The highest BCUT2D eigenvalue weighted by Gasteiger charge is 2.25. The van der Waals surface area contributed by atoms with Crippen LogP contribution in [0.15, 0.2) is 24.3 Å². The maximum atomic E-state index is 5.33. The van der Waals surface area contributed by atoms with Crippen LogP contribution in [0.4, 0.5) is 5.69 Å². The highest BCUT2D eigenvalue weighted by Crippen LogP contribution is 2.24. The Hall–Kier alpha value is -1.06. The molecule has 118 valence electrons. The van der Waals surface area contributed by atoms with Crippen molar-refractivity contribution < 1.29 is 4.74 Å². The second-order valence-corrected chi connectivity index (χ2v) is 5.93. The second kappa shape index (κ2) is 8.40. The molecule has 0 saturated heterocycles. The lowest BCUT2D eigenvalue weighted by atomic mass is 10.0. The Morgan fingerprint density at radius 1 is 1.29 bits per heavy atom. The molecule has 1 heterocycles. The molecule has 3 heteroatoms. The van der Waals surface area contributed by atoms with E-state index in [1.807, 2.05) is 0 Å². The first-order valence-electron chi connectivity index (χ1n) is 8.36. The molecule has 0 bridgehead atoms. The van der Waals surface area contributed by atoms with Gasteiger partial charge in [0, 0.05) is 38.0 Å². The number of anilines is 1. The van der Waals surface area contributed by atoms with E-state index >= 15 is 0 Å². The van der Waals surface area contributed by atoms with Crippen LogP contribution in [0, 0.1) is 0 Å². The molecule has 1 aromatic rings. The highest BCUT2D eigenvalue weighted by molar-refractivity contribution is 5.52. The number of rotatable bonds is 7. The van der Waals surface area contributed by atoms with Gasteiger partial charge in [-0.25, -0.2) is 0 Å². The minimum Gasteiger partial charge on any atom is -0.383 e. The van der Waals surface area contributed by atoms with Gasteiger partial charge in [-0.3, -0.25) is 4.90 Å². The monoisotopic (exact) mass is 290 g/mol. The molecule has 0 fully saturated rings. The molecule has 0 amide bonds. The van der Waals surface area contributed by atoms with Crippen molar-refractivity contribution in [2.45, 2.75) is 51.6 Å². The van der Waals surface area contributed by atoms with Crippen LogP contribution >= 0.6 is 0 Å². The Bertz CT molecular complexity index is 390. The summed E-state index contributed by atoms with van der Waals surface area (Å²) in [5.74, 6) is 0. The molecular weight excluding hydrogens is 260 g/mol. The molecule has 1 N–H and O–H groups in total. The number of methoxy groups -OCH3 is 1. The number of para-hydroxylation sites is 1. The van der Waals surface area contributed by atoms with Crippen molar-refractivity contribution in [3.8, 4) is 0 Å². The van der Waals surface area contributed by atoms with E-state index in [9.17, 15) is 0 Å². The summed E-state index contributed by atoms with van der Waals surface area (Å²) in [5, 5.41) is 3.65. The average Bonchev–Trinajstić information content (AvgIpc) is 2.74. The third kappa shape index (κ3) is 4.21. The van der Waals surface area contributed by atoms with Gasteiger partial charge in [-0.05, 0) is 37.3 Å². The standard InChI is InChI=1S/C18H30N2O/c1-4-16(5-2)20(12-13-21-3)17-11-10-15-8-6-7-9-18(15)19-14-17/h6-9,16-17,19H,4-5,10-14H2,1-3H3. The quantitative estimate of drug-likeness (QED) is 0.831. The molecule has 1 unspecified atom stereocenters. The van der Waals surface area contributed by atoms with Gasteiger partial charge in [-0.1, -0.05) is 32.0 Å². The molecule has 3 nitrogen and oxygen atoms in total. The molecule has 0 aromatic heterocycles. The number of hydrogen-bond donors (Lipinski definition) is 1. The SMILES string of the molecule is CCC(CC)N(CCOC)C1CCc2ccccc2NC1. The Morgan fingerprint density at radius 3 is 2.76 bits per heavy atom. The fraction of sp³-hybridized carbons (Fsp3) is 0.667. The number of ether oxygens (including phenoxy) is 1. The third-order valence-electron chi connectivity index (χ3n) is 4.73. The third-order valence-corrected chi connectivity index (χ3v) is 4.73. The Morgan fingerprint density at radius 2 is 2.05 bits per heavy atom. The molecule has 21 heavy (non-hydrogen) atoms. The van der Waals surface area contributed by atoms with Gasteiger partial charge >= 0.3 is 0 Å². The molecule has 1 aliphatic rings. The highest BCUT2D eigenvalue weighted by atomic mass is 16.5. The molecule has 1 aliphatic heterocycles. The second-order valence-electron chi connectivity index (χ2n) is 5.93. The van der Waals surface area contributed by atoms with Gasteiger partial charge in [0.25, 0.3) is 0 Å². The number of nitrogens with one attached hydrogen (secondary N) is 1. The van der Waals surface area contributed by atoms with E-state index in [1.165, 1.54) is 30.5 Å². The zero-order valence-electron chi connectivity index (χ0n) is 13.8. The number of nitrogens with zero attached hydrogens (tertiary/aromatic N) is 1. The molecule has 0 saturated carbocycles. The maximum Gasteiger partial charge on any atom is 0.0589 e. The Balaban J connectivity index is 2.07.